The summed E-state index contributed by atoms with van der Waals surface area (Å²) in [7, 11) is 1.38. The maximum atomic E-state index is 12.5. The minimum absolute atomic E-state index is 0.0356. The molecular formula is C14H18F3N3O4. The van der Waals surface area contributed by atoms with Gasteiger partial charge < -0.3 is 14.7 Å². The van der Waals surface area contributed by atoms with Crippen LogP contribution in [0, 0.1) is 5.41 Å². The third-order valence-corrected chi connectivity index (χ3v) is 4.03. The van der Waals surface area contributed by atoms with Crippen LogP contribution < -0.4 is 0 Å². The van der Waals surface area contributed by atoms with Crippen molar-refractivity contribution in [2.45, 2.75) is 25.6 Å². The highest BCUT2D eigenvalue weighted by Crippen LogP contribution is 2.31. The van der Waals surface area contributed by atoms with Crippen LogP contribution in [0.2, 0.25) is 0 Å². The van der Waals surface area contributed by atoms with Gasteiger partial charge in [0.2, 0.25) is 5.91 Å². The molecule has 1 fully saturated rings. The predicted molar refractivity (Wildman–Crippen MR) is 75.0 cm³/mol. The Hall–Kier alpha value is -2.10. The molecule has 0 spiro atoms. The molecular weight excluding hydrogens is 331 g/mol. The number of carbonyl (C=O) groups excluding carboxylic acids is 1. The van der Waals surface area contributed by atoms with E-state index in [9.17, 15) is 27.9 Å². The number of carboxylic acid groups (broad SMARTS) is 1. The Bertz CT molecular complexity index is 613. The van der Waals surface area contributed by atoms with Gasteiger partial charge in [0.25, 0.3) is 0 Å². The third-order valence-electron chi connectivity index (χ3n) is 4.03. The number of nitrogens with zero attached hydrogens (tertiary/aromatic N) is 3. The van der Waals surface area contributed by atoms with Crippen molar-refractivity contribution in [2.24, 2.45) is 5.41 Å². The molecule has 0 aromatic carbocycles. The van der Waals surface area contributed by atoms with Gasteiger partial charge in [-0.25, -0.2) is 0 Å². The third kappa shape index (κ3) is 3.86. The second-order valence-electron chi connectivity index (χ2n) is 5.83. The number of ether oxygens (including phenoxy) is 1. The van der Waals surface area contributed by atoms with Crippen LogP contribution in [-0.2, 0) is 27.0 Å². The minimum Gasteiger partial charge on any atom is -0.481 e. The van der Waals surface area contributed by atoms with E-state index in [1.165, 1.54) is 12.0 Å². The highest BCUT2D eigenvalue weighted by molar-refractivity contribution is 5.79. The normalized spacial score (nSPS) is 21.8. The number of amides is 1. The van der Waals surface area contributed by atoms with E-state index in [1.807, 2.05) is 0 Å². The Morgan fingerprint density at radius 3 is 2.71 bits per heavy atom. The summed E-state index contributed by atoms with van der Waals surface area (Å²) in [5.74, 6) is -1.53. The first-order valence-corrected chi connectivity index (χ1v) is 7.29. The minimum atomic E-state index is -4.57. The van der Waals surface area contributed by atoms with Crippen molar-refractivity contribution in [3.63, 3.8) is 0 Å². The highest BCUT2D eigenvalue weighted by atomic mass is 19.4. The predicted octanol–water partition coefficient (Wildman–Crippen LogP) is 1.24. The van der Waals surface area contributed by atoms with Crippen molar-refractivity contribution in [2.75, 3.05) is 26.8 Å². The molecule has 2 heterocycles. The van der Waals surface area contributed by atoms with Crippen LogP contribution in [0.4, 0.5) is 13.2 Å². The van der Waals surface area contributed by atoms with Gasteiger partial charge in [-0.2, -0.15) is 18.3 Å². The lowest BCUT2D eigenvalue weighted by atomic mass is 9.80. The Morgan fingerprint density at radius 1 is 1.46 bits per heavy atom. The van der Waals surface area contributed by atoms with E-state index in [0.717, 1.165) is 16.9 Å². The number of hydrogen-bond acceptors (Lipinski definition) is 4. The summed E-state index contributed by atoms with van der Waals surface area (Å²) in [5.41, 5.74) is -2.27. The van der Waals surface area contributed by atoms with Crippen LogP contribution in [0.15, 0.2) is 12.3 Å². The lowest BCUT2D eigenvalue weighted by Crippen LogP contribution is -2.52. The summed E-state index contributed by atoms with van der Waals surface area (Å²) in [5, 5.41) is 12.8. The summed E-state index contributed by atoms with van der Waals surface area (Å²) in [6.45, 7) is -0.0990. The van der Waals surface area contributed by atoms with Gasteiger partial charge in [-0.05, 0) is 18.9 Å². The second-order valence-corrected chi connectivity index (χ2v) is 5.83. The lowest BCUT2D eigenvalue weighted by Gasteiger charge is -2.39. The molecule has 0 saturated carbocycles. The van der Waals surface area contributed by atoms with E-state index >= 15 is 0 Å². The molecule has 1 aliphatic rings. The molecule has 0 radical (unpaired) electrons. The average molecular weight is 349 g/mol. The number of rotatable bonds is 5. The number of carboxylic acids is 1. The molecule has 0 aliphatic carbocycles. The van der Waals surface area contributed by atoms with Crippen LogP contribution in [0.25, 0.3) is 0 Å². The Kier molecular flexibility index (Phi) is 5.16. The lowest BCUT2D eigenvalue weighted by molar-refractivity contribution is -0.159. The van der Waals surface area contributed by atoms with E-state index < -0.39 is 29.2 Å². The molecule has 24 heavy (non-hydrogen) atoms. The molecule has 0 bridgehead atoms. The quantitative estimate of drug-likeness (QED) is 0.865. The molecule has 1 aliphatic heterocycles. The molecule has 1 aromatic rings. The topological polar surface area (TPSA) is 84.7 Å². The first-order valence-electron chi connectivity index (χ1n) is 7.29. The van der Waals surface area contributed by atoms with Crippen molar-refractivity contribution in [1.29, 1.82) is 0 Å². The molecule has 1 atom stereocenters. The average Bonchev–Trinajstić information content (AvgIpc) is 2.96. The van der Waals surface area contributed by atoms with Crippen LogP contribution >= 0.6 is 0 Å². The number of alkyl halides is 3. The summed E-state index contributed by atoms with van der Waals surface area (Å²) in [4.78, 5) is 25.2. The molecule has 2 rings (SSSR count). The Morgan fingerprint density at radius 2 is 2.17 bits per heavy atom. The van der Waals surface area contributed by atoms with E-state index in [1.54, 1.807) is 0 Å². The van der Waals surface area contributed by atoms with Gasteiger partial charge in [0.15, 0.2) is 5.69 Å². The number of likely N-dealkylation sites (tertiary alicyclic amines) is 1. The van der Waals surface area contributed by atoms with Crippen molar-refractivity contribution < 1.29 is 32.6 Å². The zero-order valence-corrected chi connectivity index (χ0v) is 13.0. The summed E-state index contributed by atoms with van der Waals surface area (Å²) in [6, 6.07) is 0.788. The number of aliphatic carboxylic acids is 1. The van der Waals surface area contributed by atoms with Gasteiger partial charge in [0.1, 0.15) is 12.0 Å². The monoisotopic (exact) mass is 349 g/mol. The fourth-order valence-electron chi connectivity index (χ4n) is 2.81. The van der Waals surface area contributed by atoms with Crippen molar-refractivity contribution >= 4 is 11.9 Å². The van der Waals surface area contributed by atoms with E-state index in [0.29, 0.717) is 19.4 Å². The largest absolute Gasteiger partial charge is 0.481 e. The van der Waals surface area contributed by atoms with Gasteiger partial charge in [-0.1, -0.05) is 0 Å². The van der Waals surface area contributed by atoms with Gasteiger partial charge >= 0.3 is 12.1 Å². The summed E-state index contributed by atoms with van der Waals surface area (Å²) in [6.07, 6.45) is -2.64. The maximum Gasteiger partial charge on any atom is 0.435 e. The summed E-state index contributed by atoms with van der Waals surface area (Å²) < 4.78 is 43.4. The fraction of sp³-hybridized carbons (Fsp3) is 0.643. The molecule has 7 nitrogen and oxygen atoms in total. The van der Waals surface area contributed by atoms with Crippen LogP contribution in [0.5, 0.6) is 0 Å². The molecule has 1 aromatic heterocycles. The number of carbonyl (C=O) groups is 2. The molecule has 1 amide bonds. The summed E-state index contributed by atoms with van der Waals surface area (Å²) >= 11 is 0. The molecule has 134 valence electrons. The van der Waals surface area contributed by atoms with E-state index in [-0.39, 0.29) is 19.7 Å². The number of hydrogen-bond donors (Lipinski definition) is 1. The zero-order chi connectivity index (χ0) is 18.0. The number of aromatic nitrogens is 2. The first kappa shape index (κ1) is 18.2. The van der Waals surface area contributed by atoms with Crippen molar-refractivity contribution in [1.82, 2.24) is 14.7 Å². The molecule has 0 unspecified atom stereocenters. The number of halogens is 3. The van der Waals surface area contributed by atoms with Gasteiger partial charge in [0.05, 0.1) is 6.61 Å². The van der Waals surface area contributed by atoms with Crippen LogP contribution in [-0.4, -0.2) is 58.5 Å². The number of methoxy groups -OCH3 is 1. The van der Waals surface area contributed by atoms with Crippen molar-refractivity contribution in [3.8, 4) is 0 Å². The number of piperidine rings is 1. The highest BCUT2D eigenvalue weighted by Gasteiger charge is 2.44. The maximum absolute atomic E-state index is 12.5. The molecule has 1 N–H and O–H groups in total. The van der Waals surface area contributed by atoms with Gasteiger partial charge in [0, 0.05) is 26.4 Å². The smallest absolute Gasteiger partial charge is 0.435 e. The van der Waals surface area contributed by atoms with Crippen LogP contribution in [0.3, 0.4) is 0 Å². The molecule has 1 saturated heterocycles. The Labute approximate surface area is 136 Å². The van der Waals surface area contributed by atoms with Gasteiger partial charge in [-0.15, -0.1) is 0 Å². The van der Waals surface area contributed by atoms with E-state index in [2.05, 4.69) is 5.10 Å². The molecule has 10 heteroatoms. The second kappa shape index (κ2) is 6.80. The van der Waals surface area contributed by atoms with E-state index in [4.69, 9.17) is 4.74 Å². The zero-order valence-electron chi connectivity index (χ0n) is 13.0. The Balaban J connectivity index is 2.06. The van der Waals surface area contributed by atoms with Gasteiger partial charge in [-0.3, -0.25) is 14.3 Å². The standard InChI is InChI=1S/C14H18F3N3O4/c1-24-9-13(12(22)23)4-2-5-19(8-13)11(21)7-20-6-3-10(18-20)14(15,16)17/h3,6H,2,4-5,7-9H2,1H3,(H,22,23)/t13-/m0/s1. The van der Waals surface area contributed by atoms with Crippen LogP contribution in [0.1, 0.15) is 18.5 Å². The van der Waals surface area contributed by atoms with Crippen molar-refractivity contribution in [3.05, 3.63) is 18.0 Å². The first-order chi connectivity index (χ1) is 11.2. The SMILES string of the molecule is COC[C@]1(C(=O)O)CCCN(C(=O)Cn2ccc(C(F)(F)F)n2)C1. The fourth-order valence-corrected chi connectivity index (χ4v) is 2.81.